The smallest absolute Gasteiger partial charge is 0.239 e. The van der Waals surface area contributed by atoms with Crippen LogP contribution in [0.4, 0.5) is 11.8 Å². The highest BCUT2D eigenvalue weighted by Crippen LogP contribution is 2.17. The van der Waals surface area contributed by atoms with Crippen LogP contribution in [-0.4, -0.2) is 35.9 Å². The number of hydrogen-bond acceptors (Lipinski definition) is 7. The van der Waals surface area contributed by atoms with Crippen LogP contribution < -0.4 is 16.6 Å². The molecule has 1 unspecified atom stereocenters. The molecule has 0 aromatic carbocycles. The minimum absolute atomic E-state index is 0.0938. The molecule has 7 nitrogen and oxygen atoms in total. The van der Waals surface area contributed by atoms with Crippen molar-refractivity contribution < 1.29 is 8.42 Å². The van der Waals surface area contributed by atoms with Crippen LogP contribution in [0.25, 0.3) is 0 Å². The first-order valence-corrected chi connectivity index (χ1v) is 7.60. The van der Waals surface area contributed by atoms with Gasteiger partial charge in [0.05, 0.1) is 11.5 Å². The Hall–Kier alpha value is -1.41. The zero-order valence-corrected chi connectivity index (χ0v) is 11.0. The van der Waals surface area contributed by atoms with Gasteiger partial charge in [-0.05, 0) is 19.8 Å². The molecular formula is C10H17N5O2S. The normalized spacial score (nSPS) is 22.4. The van der Waals surface area contributed by atoms with E-state index in [1.807, 2.05) is 6.92 Å². The van der Waals surface area contributed by atoms with Crippen LogP contribution in [0.2, 0.25) is 0 Å². The van der Waals surface area contributed by atoms with E-state index in [4.69, 9.17) is 5.84 Å². The Labute approximate surface area is 106 Å². The predicted octanol–water partition coefficient (Wildman–Crippen LogP) is 0.0597. The molecule has 100 valence electrons. The maximum Gasteiger partial charge on any atom is 0.239 e. The van der Waals surface area contributed by atoms with Gasteiger partial charge in [0.15, 0.2) is 9.84 Å². The molecule has 0 radical (unpaired) electrons. The number of anilines is 2. The Bertz CT molecular complexity index is 531. The molecule has 0 amide bonds. The second-order valence-electron chi connectivity index (χ2n) is 4.46. The standard InChI is InChI=1S/C10H17N5O2S/c1-7-5-9(14-10(12-7)15-11)13-8-3-2-4-18(16,17)6-8/h5,8H,2-4,6,11H2,1H3,(H2,12,13,14,15). The Morgan fingerprint density at radius 2 is 2.22 bits per heavy atom. The van der Waals surface area contributed by atoms with Gasteiger partial charge in [-0.25, -0.2) is 19.2 Å². The molecule has 2 rings (SSSR count). The summed E-state index contributed by atoms with van der Waals surface area (Å²) in [4.78, 5) is 8.21. The van der Waals surface area contributed by atoms with Gasteiger partial charge < -0.3 is 5.32 Å². The number of nitrogens with zero attached hydrogens (tertiary/aromatic N) is 2. The average molecular weight is 271 g/mol. The quantitative estimate of drug-likeness (QED) is 0.526. The highest BCUT2D eigenvalue weighted by atomic mass is 32.2. The Balaban J connectivity index is 2.11. The largest absolute Gasteiger partial charge is 0.366 e. The molecular weight excluding hydrogens is 254 g/mol. The maximum absolute atomic E-state index is 11.5. The lowest BCUT2D eigenvalue weighted by atomic mass is 10.2. The van der Waals surface area contributed by atoms with Crippen LogP contribution in [0.3, 0.4) is 0 Å². The fraction of sp³-hybridized carbons (Fsp3) is 0.600. The first-order valence-electron chi connectivity index (χ1n) is 5.78. The molecule has 4 N–H and O–H groups in total. The van der Waals surface area contributed by atoms with Gasteiger partial charge in [0.1, 0.15) is 5.82 Å². The number of aryl methyl sites for hydroxylation is 1. The minimum Gasteiger partial charge on any atom is -0.366 e. The fourth-order valence-electron chi connectivity index (χ4n) is 2.05. The van der Waals surface area contributed by atoms with E-state index in [1.54, 1.807) is 6.07 Å². The van der Waals surface area contributed by atoms with Crippen LogP contribution in [0, 0.1) is 6.92 Å². The van der Waals surface area contributed by atoms with Gasteiger partial charge in [0, 0.05) is 17.8 Å². The van der Waals surface area contributed by atoms with Gasteiger partial charge in [0.25, 0.3) is 0 Å². The molecule has 1 aliphatic rings. The van der Waals surface area contributed by atoms with E-state index in [0.29, 0.717) is 18.2 Å². The molecule has 0 aliphatic carbocycles. The number of hydrogen-bond donors (Lipinski definition) is 3. The lowest BCUT2D eigenvalue weighted by Crippen LogP contribution is -2.35. The first-order chi connectivity index (χ1) is 8.48. The second kappa shape index (κ2) is 5.07. The van der Waals surface area contributed by atoms with Gasteiger partial charge in [-0.1, -0.05) is 0 Å². The number of aromatic nitrogens is 2. The number of sulfone groups is 1. The summed E-state index contributed by atoms with van der Waals surface area (Å²) in [5.74, 6) is 6.61. The zero-order chi connectivity index (χ0) is 13.2. The summed E-state index contributed by atoms with van der Waals surface area (Å²) in [6.07, 6.45) is 1.51. The third-order valence-electron chi connectivity index (χ3n) is 2.80. The summed E-state index contributed by atoms with van der Waals surface area (Å²) >= 11 is 0. The van der Waals surface area contributed by atoms with E-state index >= 15 is 0 Å². The van der Waals surface area contributed by atoms with Crippen molar-refractivity contribution >= 4 is 21.6 Å². The minimum atomic E-state index is -2.92. The first kappa shape index (κ1) is 13.0. The van der Waals surface area contributed by atoms with Crippen molar-refractivity contribution in [3.63, 3.8) is 0 Å². The van der Waals surface area contributed by atoms with Crippen molar-refractivity contribution in [1.29, 1.82) is 0 Å². The van der Waals surface area contributed by atoms with Gasteiger partial charge in [0.2, 0.25) is 5.95 Å². The van der Waals surface area contributed by atoms with E-state index < -0.39 is 9.84 Å². The third-order valence-corrected chi connectivity index (χ3v) is 4.62. The summed E-state index contributed by atoms with van der Waals surface area (Å²) in [5.41, 5.74) is 3.14. The molecule has 0 spiro atoms. The van der Waals surface area contributed by atoms with Crippen LogP contribution in [0.15, 0.2) is 6.07 Å². The number of nitrogen functional groups attached to an aromatic ring is 1. The van der Waals surface area contributed by atoms with Gasteiger partial charge in [-0.3, -0.25) is 5.43 Å². The fourth-order valence-corrected chi connectivity index (χ4v) is 3.69. The molecule has 8 heteroatoms. The van der Waals surface area contributed by atoms with Gasteiger partial charge in [-0.2, -0.15) is 4.98 Å². The molecule has 1 aromatic rings. The van der Waals surface area contributed by atoms with Crippen LogP contribution in [0.5, 0.6) is 0 Å². The van der Waals surface area contributed by atoms with E-state index in [1.165, 1.54) is 0 Å². The van der Waals surface area contributed by atoms with Crippen molar-refractivity contribution in [2.75, 3.05) is 22.2 Å². The van der Waals surface area contributed by atoms with Crippen molar-refractivity contribution in [2.45, 2.75) is 25.8 Å². The SMILES string of the molecule is Cc1cc(NC2CCCS(=O)(=O)C2)nc(NN)n1. The predicted molar refractivity (Wildman–Crippen MR) is 69.9 cm³/mol. The Morgan fingerprint density at radius 1 is 1.44 bits per heavy atom. The summed E-state index contributed by atoms with van der Waals surface area (Å²) in [5, 5.41) is 3.13. The number of nitrogens with one attached hydrogen (secondary N) is 2. The Kier molecular flexibility index (Phi) is 3.67. The monoisotopic (exact) mass is 271 g/mol. The van der Waals surface area contributed by atoms with E-state index in [9.17, 15) is 8.42 Å². The van der Waals surface area contributed by atoms with Gasteiger partial charge in [-0.15, -0.1) is 0 Å². The van der Waals surface area contributed by atoms with E-state index in [0.717, 1.165) is 12.1 Å². The molecule has 1 fully saturated rings. The zero-order valence-electron chi connectivity index (χ0n) is 10.2. The molecule has 1 aliphatic heterocycles. The van der Waals surface area contributed by atoms with Crippen molar-refractivity contribution in [2.24, 2.45) is 5.84 Å². The molecule has 2 heterocycles. The van der Waals surface area contributed by atoms with Crippen molar-refractivity contribution in [3.8, 4) is 0 Å². The molecule has 1 aromatic heterocycles. The molecule has 0 saturated carbocycles. The second-order valence-corrected chi connectivity index (χ2v) is 6.69. The molecule has 0 bridgehead atoms. The number of nitrogens with two attached hydrogens (primary N) is 1. The van der Waals surface area contributed by atoms with Crippen molar-refractivity contribution in [3.05, 3.63) is 11.8 Å². The third kappa shape index (κ3) is 3.30. The molecule has 1 atom stereocenters. The Morgan fingerprint density at radius 3 is 2.89 bits per heavy atom. The molecule has 18 heavy (non-hydrogen) atoms. The summed E-state index contributed by atoms with van der Waals surface area (Å²) in [6.45, 7) is 1.82. The van der Waals surface area contributed by atoms with Gasteiger partial charge >= 0.3 is 0 Å². The number of rotatable bonds is 3. The van der Waals surface area contributed by atoms with E-state index in [2.05, 4.69) is 20.7 Å². The van der Waals surface area contributed by atoms with E-state index in [-0.39, 0.29) is 17.5 Å². The van der Waals surface area contributed by atoms with Crippen LogP contribution in [0.1, 0.15) is 18.5 Å². The topological polar surface area (TPSA) is 110 Å². The highest BCUT2D eigenvalue weighted by Gasteiger charge is 2.24. The van der Waals surface area contributed by atoms with Crippen LogP contribution in [-0.2, 0) is 9.84 Å². The summed E-state index contributed by atoms with van der Waals surface area (Å²) in [6, 6.07) is 1.67. The summed E-state index contributed by atoms with van der Waals surface area (Å²) in [7, 11) is -2.92. The van der Waals surface area contributed by atoms with Crippen molar-refractivity contribution in [1.82, 2.24) is 9.97 Å². The lowest BCUT2D eigenvalue weighted by Gasteiger charge is -2.23. The molecule has 1 saturated heterocycles. The maximum atomic E-state index is 11.5. The lowest BCUT2D eigenvalue weighted by molar-refractivity contribution is 0.561. The van der Waals surface area contributed by atoms with Crippen LogP contribution >= 0.6 is 0 Å². The summed E-state index contributed by atoms with van der Waals surface area (Å²) < 4.78 is 23.1. The average Bonchev–Trinajstić information content (AvgIpc) is 2.26. The number of hydrazine groups is 1. The highest BCUT2D eigenvalue weighted by molar-refractivity contribution is 7.91.